The fourth-order valence-corrected chi connectivity index (χ4v) is 1.05. The first kappa shape index (κ1) is 6.83. The van der Waals surface area contributed by atoms with E-state index in [4.69, 9.17) is 0 Å². The summed E-state index contributed by atoms with van der Waals surface area (Å²) in [7, 11) is 0. The van der Waals surface area contributed by atoms with Crippen LogP contribution in [-0.4, -0.2) is 9.91 Å². The highest BCUT2D eigenvalue weighted by Gasteiger charge is 1.87. The van der Waals surface area contributed by atoms with E-state index in [9.17, 15) is 0 Å². The minimum atomic E-state index is 0.565. The Morgan fingerprint density at radius 2 is 2.50 bits per heavy atom. The van der Waals surface area contributed by atoms with E-state index in [0.717, 1.165) is 5.75 Å². The predicted octanol–water partition coefficient (Wildman–Crippen LogP) is 2.29. The van der Waals surface area contributed by atoms with Gasteiger partial charge in [-0.1, -0.05) is 15.9 Å². The molecule has 6 heavy (non-hydrogen) atoms. The summed E-state index contributed by atoms with van der Waals surface area (Å²) in [5, 5.41) is 0. The third kappa shape index (κ3) is 4.83. The molecule has 0 saturated carbocycles. The fourth-order valence-electron chi connectivity index (χ4n) is 0.162. The van der Waals surface area contributed by atoms with Crippen LogP contribution < -0.4 is 0 Å². The Kier molecular flexibility index (Phi) is 4.56. The van der Waals surface area contributed by atoms with E-state index >= 15 is 0 Å². The van der Waals surface area contributed by atoms with Crippen molar-refractivity contribution in [1.29, 1.82) is 0 Å². The van der Waals surface area contributed by atoms with E-state index in [1.807, 2.05) is 0 Å². The SMILES string of the molecule is [CH2]CSC(C)Br. The summed E-state index contributed by atoms with van der Waals surface area (Å²) in [6, 6.07) is 0. The molecule has 37 valence electrons. The molecule has 0 heterocycles. The van der Waals surface area contributed by atoms with Crippen molar-refractivity contribution in [3.63, 3.8) is 0 Å². The topological polar surface area (TPSA) is 0 Å². The first-order valence-electron chi connectivity index (χ1n) is 1.82. The summed E-state index contributed by atoms with van der Waals surface area (Å²) in [5.41, 5.74) is 0. The lowest BCUT2D eigenvalue weighted by molar-refractivity contribution is 1.45. The minimum Gasteiger partial charge on any atom is -0.147 e. The Hall–Kier alpha value is 0.830. The van der Waals surface area contributed by atoms with Crippen molar-refractivity contribution in [2.75, 3.05) is 5.75 Å². The molecule has 0 aliphatic heterocycles. The second-order valence-electron chi connectivity index (χ2n) is 0.914. The molecule has 1 unspecified atom stereocenters. The molecule has 0 spiro atoms. The molecular weight excluding hydrogens is 160 g/mol. The lowest BCUT2D eigenvalue weighted by Gasteiger charge is -1.94. The first-order chi connectivity index (χ1) is 2.77. The van der Waals surface area contributed by atoms with Gasteiger partial charge in [0.25, 0.3) is 0 Å². The zero-order chi connectivity index (χ0) is 4.99. The van der Waals surface area contributed by atoms with Crippen LogP contribution in [0.3, 0.4) is 0 Å². The summed E-state index contributed by atoms with van der Waals surface area (Å²) < 4.78 is 0.565. The van der Waals surface area contributed by atoms with E-state index < -0.39 is 0 Å². The number of rotatable bonds is 2. The van der Waals surface area contributed by atoms with Gasteiger partial charge in [-0.3, -0.25) is 0 Å². The highest BCUT2D eigenvalue weighted by atomic mass is 79.9. The summed E-state index contributed by atoms with van der Waals surface area (Å²) in [6.45, 7) is 5.75. The van der Waals surface area contributed by atoms with Gasteiger partial charge in [0.05, 0.1) is 4.16 Å². The normalized spacial score (nSPS) is 14.5. The molecule has 2 heteroatoms. The van der Waals surface area contributed by atoms with Crippen molar-refractivity contribution in [2.45, 2.75) is 11.1 Å². The number of alkyl halides is 1. The number of thioether (sulfide) groups is 1. The number of hydrogen-bond acceptors (Lipinski definition) is 1. The molecule has 0 amide bonds. The Morgan fingerprint density at radius 3 is 2.50 bits per heavy atom. The van der Waals surface area contributed by atoms with Crippen LogP contribution in [0.25, 0.3) is 0 Å². The molecular formula is C4H8BrS. The van der Waals surface area contributed by atoms with Crippen molar-refractivity contribution in [2.24, 2.45) is 0 Å². The molecule has 0 N–H and O–H groups in total. The minimum absolute atomic E-state index is 0.565. The van der Waals surface area contributed by atoms with E-state index in [1.54, 1.807) is 11.8 Å². The molecule has 0 rings (SSSR count). The van der Waals surface area contributed by atoms with Gasteiger partial charge in [0.15, 0.2) is 0 Å². The largest absolute Gasteiger partial charge is 0.147 e. The average molecular weight is 168 g/mol. The van der Waals surface area contributed by atoms with Crippen molar-refractivity contribution in [3.8, 4) is 0 Å². The second kappa shape index (κ2) is 4.00. The van der Waals surface area contributed by atoms with E-state index in [1.165, 1.54) is 0 Å². The molecule has 0 aromatic heterocycles. The monoisotopic (exact) mass is 167 g/mol. The van der Waals surface area contributed by atoms with Gasteiger partial charge in [0.1, 0.15) is 0 Å². The Bertz CT molecular complexity index is 28.7. The molecule has 0 aliphatic rings. The standard InChI is InChI=1S/C4H8BrS/c1-3-6-4(2)5/h4H,1,3H2,2H3. The maximum atomic E-state index is 3.66. The van der Waals surface area contributed by atoms with E-state index in [2.05, 4.69) is 29.8 Å². The van der Waals surface area contributed by atoms with Crippen molar-refractivity contribution in [1.82, 2.24) is 0 Å². The van der Waals surface area contributed by atoms with Gasteiger partial charge in [-0.25, -0.2) is 0 Å². The second-order valence-corrected chi connectivity index (χ2v) is 4.34. The molecule has 0 aromatic carbocycles. The lowest BCUT2D eigenvalue weighted by Crippen LogP contribution is -1.78. The van der Waals surface area contributed by atoms with Crippen LogP contribution in [-0.2, 0) is 0 Å². The molecule has 0 aromatic rings. The Labute approximate surface area is 51.8 Å². The van der Waals surface area contributed by atoms with E-state index in [-0.39, 0.29) is 0 Å². The highest BCUT2D eigenvalue weighted by molar-refractivity contribution is 9.11. The summed E-state index contributed by atoms with van der Waals surface area (Å²) in [6.07, 6.45) is 0. The Morgan fingerprint density at radius 1 is 2.00 bits per heavy atom. The molecule has 0 aliphatic carbocycles. The Balaban J connectivity index is 2.63. The van der Waals surface area contributed by atoms with Gasteiger partial charge in [-0.05, 0) is 19.6 Å². The summed E-state index contributed by atoms with van der Waals surface area (Å²) >= 11 is 5.15. The lowest BCUT2D eigenvalue weighted by atomic mass is 11.0. The fraction of sp³-hybridized carbons (Fsp3) is 0.750. The first-order valence-corrected chi connectivity index (χ1v) is 3.78. The average Bonchev–Trinajstić information content (AvgIpc) is 1.35. The number of hydrogen-bond donors (Lipinski definition) is 0. The molecule has 1 radical (unpaired) electrons. The molecule has 0 nitrogen and oxygen atoms in total. The van der Waals surface area contributed by atoms with Crippen LogP contribution in [0.2, 0.25) is 0 Å². The van der Waals surface area contributed by atoms with Crippen LogP contribution in [0.15, 0.2) is 0 Å². The quantitative estimate of drug-likeness (QED) is 0.570. The maximum absolute atomic E-state index is 3.66. The number of halogens is 1. The van der Waals surface area contributed by atoms with Crippen LogP contribution in [0, 0.1) is 6.92 Å². The van der Waals surface area contributed by atoms with Crippen LogP contribution >= 0.6 is 27.7 Å². The molecule has 0 bridgehead atoms. The third-order valence-electron chi connectivity index (χ3n) is 0.348. The summed E-state index contributed by atoms with van der Waals surface area (Å²) in [5.74, 6) is 0.951. The molecule has 0 saturated heterocycles. The van der Waals surface area contributed by atoms with Gasteiger partial charge in [0, 0.05) is 0 Å². The van der Waals surface area contributed by atoms with Gasteiger partial charge in [-0.15, -0.1) is 11.8 Å². The predicted molar refractivity (Wildman–Crippen MR) is 36.2 cm³/mol. The highest BCUT2D eigenvalue weighted by Crippen LogP contribution is 2.14. The van der Waals surface area contributed by atoms with Crippen molar-refractivity contribution < 1.29 is 0 Å². The molecule has 1 atom stereocenters. The maximum Gasteiger partial charge on any atom is 0.0572 e. The summed E-state index contributed by atoms with van der Waals surface area (Å²) in [4.78, 5) is 0. The van der Waals surface area contributed by atoms with Crippen LogP contribution in [0.4, 0.5) is 0 Å². The zero-order valence-electron chi connectivity index (χ0n) is 3.78. The van der Waals surface area contributed by atoms with Crippen molar-refractivity contribution in [3.05, 3.63) is 6.92 Å². The zero-order valence-corrected chi connectivity index (χ0v) is 6.18. The van der Waals surface area contributed by atoms with Gasteiger partial charge in [0.2, 0.25) is 0 Å². The van der Waals surface area contributed by atoms with Crippen LogP contribution in [0.1, 0.15) is 6.92 Å². The molecule has 0 fully saturated rings. The van der Waals surface area contributed by atoms with E-state index in [0.29, 0.717) is 4.16 Å². The van der Waals surface area contributed by atoms with Gasteiger partial charge in [-0.2, -0.15) is 0 Å². The van der Waals surface area contributed by atoms with Gasteiger partial charge < -0.3 is 0 Å². The van der Waals surface area contributed by atoms with Crippen molar-refractivity contribution >= 4 is 27.7 Å². The third-order valence-corrected chi connectivity index (χ3v) is 1.84. The van der Waals surface area contributed by atoms with Crippen LogP contribution in [0.5, 0.6) is 0 Å². The smallest absolute Gasteiger partial charge is 0.0572 e. The van der Waals surface area contributed by atoms with Gasteiger partial charge >= 0.3 is 0 Å².